The third-order valence-corrected chi connectivity index (χ3v) is 5.60. The first-order valence-corrected chi connectivity index (χ1v) is 10.1. The molecule has 0 unspecified atom stereocenters. The molecule has 9 heteroatoms. The molecule has 1 aromatic carbocycles. The Bertz CT molecular complexity index is 989. The number of Topliss-reactive ketones (excluding diaryl/α,β-unsaturated/α-hetero) is 1. The van der Waals surface area contributed by atoms with Crippen LogP contribution in [0.3, 0.4) is 0 Å². The Balaban J connectivity index is 1.25. The highest BCUT2D eigenvalue weighted by Crippen LogP contribution is 2.31. The molecule has 1 saturated heterocycles. The molecule has 0 atom stereocenters. The van der Waals surface area contributed by atoms with Gasteiger partial charge in [-0.05, 0) is 49.9 Å². The van der Waals surface area contributed by atoms with Gasteiger partial charge in [0.25, 0.3) is 5.91 Å². The Hall–Kier alpha value is -3.18. The van der Waals surface area contributed by atoms with Gasteiger partial charge in [0.15, 0.2) is 17.3 Å². The Kier molecular flexibility index (Phi) is 5.81. The summed E-state index contributed by atoms with van der Waals surface area (Å²) in [6.45, 7) is 7.74. The zero-order valence-corrected chi connectivity index (χ0v) is 16.9. The topological polar surface area (TPSA) is 88.8 Å². The van der Waals surface area contributed by atoms with E-state index in [1.54, 1.807) is 35.2 Å². The largest absolute Gasteiger partial charge is 0.490 e. The summed E-state index contributed by atoms with van der Waals surface area (Å²) >= 11 is 6.06. The molecule has 1 aromatic heterocycles. The van der Waals surface area contributed by atoms with Crippen LogP contribution in [-0.2, 0) is 4.79 Å². The van der Waals surface area contributed by atoms with Crippen molar-refractivity contribution in [1.82, 2.24) is 15.5 Å². The molecule has 2 aliphatic rings. The molecule has 2 aromatic rings. The molecule has 1 aliphatic heterocycles. The number of carbonyl (C=O) groups is 2. The molecular weight excluding hydrogens is 406 g/mol. The SMILES string of the molecule is [C-]#[N+]c1ccc(OC2CCC(NC(=O)c3ccc(N4CC(=O)C4)nn3)CC2)cc1Cl. The van der Waals surface area contributed by atoms with Gasteiger partial charge in [0.05, 0.1) is 30.8 Å². The molecule has 0 radical (unpaired) electrons. The van der Waals surface area contributed by atoms with Gasteiger partial charge >= 0.3 is 0 Å². The Morgan fingerprint density at radius 2 is 1.93 bits per heavy atom. The lowest BCUT2D eigenvalue weighted by molar-refractivity contribution is -0.119. The number of halogens is 1. The Morgan fingerprint density at radius 1 is 1.17 bits per heavy atom. The lowest BCUT2D eigenvalue weighted by Crippen LogP contribution is -2.47. The average Bonchev–Trinajstić information content (AvgIpc) is 2.73. The van der Waals surface area contributed by atoms with E-state index >= 15 is 0 Å². The molecular formula is C21H20ClN5O3. The van der Waals surface area contributed by atoms with Crippen molar-refractivity contribution in [1.29, 1.82) is 0 Å². The van der Waals surface area contributed by atoms with E-state index in [9.17, 15) is 9.59 Å². The van der Waals surface area contributed by atoms with Gasteiger partial charge in [-0.1, -0.05) is 17.7 Å². The maximum atomic E-state index is 12.4. The van der Waals surface area contributed by atoms with E-state index in [2.05, 4.69) is 20.4 Å². The minimum absolute atomic E-state index is 0.0475. The van der Waals surface area contributed by atoms with Crippen LogP contribution in [0.15, 0.2) is 30.3 Å². The molecule has 1 aliphatic carbocycles. The van der Waals surface area contributed by atoms with Crippen molar-refractivity contribution in [2.24, 2.45) is 0 Å². The van der Waals surface area contributed by atoms with E-state index in [4.69, 9.17) is 22.9 Å². The molecule has 1 N–H and O–H groups in total. The Labute approximate surface area is 179 Å². The molecule has 0 bridgehead atoms. The summed E-state index contributed by atoms with van der Waals surface area (Å²) in [6, 6.07) is 8.48. The van der Waals surface area contributed by atoms with E-state index in [0.29, 0.717) is 35.4 Å². The molecule has 8 nitrogen and oxygen atoms in total. The monoisotopic (exact) mass is 425 g/mol. The van der Waals surface area contributed by atoms with E-state index in [1.807, 2.05) is 0 Å². The van der Waals surface area contributed by atoms with E-state index in [-0.39, 0.29) is 29.5 Å². The predicted octanol–water partition coefficient (Wildman–Crippen LogP) is 3.19. The quantitative estimate of drug-likeness (QED) is 0.740. The summed E-state index contributed by atoms with van der Waals surface area (Å²) < 4.78 is 5.98. The number of aromatic nitrogens is 2. The standard InChI is InChI=1S/C21H20ClN5O3/c1-23-18-7-6-16(10-17(18)22)30-15-4-2-13(3-5-15)24-21(29)19-8-9-20(26-25-19)27-11-14(28)12-27/h6-10,13,15H,2-5,11-12H2,(H,24,29). The van der Waals surface area contributed by atoms with Crippen LogP contribution in [0.2, 0.25) is 5.02 Å². The van der Waals surface area contributed by atoms with Crippen LogP contribution in [0.1, 0.15) is 36.2 Å². The number of ketones is 1. The maximum absolute atomic E-state index is 12.4. The van der Waals surface area contributed by atoms with Crippen LogP contribution in [0, 0.1) is 6.57 Å². The first-order valence-electron chi connectivity index (χ1n) is 9.77. The molecule has 0 spiro atoms. The van der Waals surface area contributed by atoms with Gasteiger partial charge in [0.1, 0.15) is 5.75 Å². The number of ether oxygens (including phenoxy) is 1. The van der Waals surface area contributed by atoms with Gasteiger partial charge in [-0.3, -0.25) is 9.59 Å². The summed E-state index contributed by atoms with van der Waals surface area (Å²) in [6.07, 6.45) is 3.25. The number of anilines is 1. The average molecular weight is 426 g/mol. The van der Waals surface area contributed by atoms with Crippen molar-refractivity contribution < 1.29 is 14.3 Å². The minimum Gasteiger partial charge on any atom is -0.490 e. The minimum atomic E-state index is -0.250. The highest BCUT2D eigenvalue weighted by atomic mass is 35.5. The van der Waals surface area contributed by atoms with Crippen LogP contribution in [0.5, 0.6) is 5.75 Å². The second-order valence-corrected chi connectivity index (χ2v) is 7.87. The lowest BCUT2D eigenvalue weighted by Gasteiger charge is -2.30. The number of benzene rings is 1. The molecule has 1 amide bonds. The molecule has 30 heavy (non-hydrogen) atoms. The van der Waals surface area contributed by atoms with E-state index in [1.165, 1.54) is 0 Å². The number of nitrogens with one attached hydrogen (secondary N) is 1. The van der Waals surface area contributed by atoms with Gasteiger partial charge in [-0.15, -0.1) is 10.2 Å². The summed E-state index contributed by atoms with van der Waals surface area (Å²) in [4.78, 5) is 28.7. The van der Waals surface area contributed by atoms with Crippen LogP contribution < -0.4 is 15.0 Å². The summed E-state index contributed by atoms with van der Waals surface area (Å²) in [5, 5.41) is 11.4. The molecule has 1 saturated carbocycles. The number of hydrogen-bond donors (Lipinski definition) is 1. The number of nitrogens with zero attached hydrogens (tertiary/aromatic N) is 4. The fourth-order valence-electron chi connectivity index (χ4n) is 3.58. The number of hydrogen-bond acceptors (Lipinski definition) is 6. The van der Waals surface area contributed by atoms with Crippen molar-refractivity contribution in [2.45, 2.75) is 37.8 Å². The number of rotatable bonds is 5. The summed E-state index contributed by atoms with van der Waals surface area (Å²) in [5.74, 6) is 1.17. The van der Waals surface area contributed by atoms with Crippen LogP contribution in [0.4, 0.5) is 11.5 Å². The summed E-state index contributed by atoms with van der Waals surface area (Å²) in [7, 11) is 0. The molecule has 4 rings (SSSR count). The zero-order valence-electron chi connectivity index (χ0n) is 16.2. The maximum Gasteiger partial charge on any atom is 0.272 e. The highest BCUT2D eigenvalue weighted by molar-refractivity contribution is 6.33. The van der Waals surface area contributed by atoms with Crippen molar-refractivity contribution in [3.05, 3.63) is 52.5 Å². The van der Waals surface area contributed by atoms with Gasteiger partial charge in [0, 0.05) is 6.04 Å². The number of carbonyl (C=O) groups excluding carboxylic acids is 2. The van der Waals surface area contributed by atoms with Crippen molar-refractivity contribution in [3.63, 3.8) is 0 Å². The van der Waals surface area contributed by atoms with Crippen molar-refractivity contribution >= 4 is 34.8 Å². The van der Waals surface area contributed by atoms with Gasteiger partial charge in [-0.25, -0.2) is 4.85 Å². The van der Waals surface area contributed by atoms with E-state index < -0.39 is 0 Å². The van der Waals surface area contributed by atoms with Crippen molar-refractivity contribution in [2.75, 3.05) is 18.0 Å². The van der Waals surface area contributed by atoms with Crippen LogP contribution in [-0.4, -0.2) is 47.1 Å². The zero-order chi connectivity index (χ0) is 21.1. The third-order valence-electron chi connectivity index (χ3n) is 5.29. The normalized spacial score (nSPS) is 20.8. The predicted molar refractivity (Wildman–Crippen MR) is 111 cm³/mol. The van der Waals surface area contributed by atoms with Gasteiger partial charge in [-0.2, -0.15) is 0 Å². The molecule has 2 fully saturated rings. The van der Waals surface area contributed by atoms with Gasteiger partial charge < -0.3 is 15.0 Å². The van der Waals surface area contributed by atoms with Crippen LogP contribution in [0.25, 0.3) is 4.85 Å². The van der Waals surface area contributed by atoms with Gasteiger partial charge in [0.2, 0.25) is 5.69 Å². The molecule has 2 heterocycles. The fraction of sp³-hybridized carbons (Fsp3) is 0.381. The first-order chi connectivity index (χ1) is 14.5. The Morgan fingerprint density at radius 3 is 2.53 bits per heavy atom. The van der Waals surface area contributed by atoms with Crippen LogP contribution >= 0.6 is 11.6 Å². The van der Waals surface area contributed by atoms with Crippen molar-refractivity contribution in [3.8, 4) is 5.75 Å². The fourth-order valence-corrected chi connectivity index (χ4v) is 3.80. The van der Waals surface area contributed by atoms with E-state index in [0.717, 1.165) is 25.7 Å². The second-order valence-electron chi connectivity index (χ2n) is 7.46. The first kappa shape index (κ1) is 20.1. The molecule has 154 valence electrons. The highest BCUT2D eigenvalue weighted by Gasteiger charge is 2.26. The third kappa shape index (κ3) is 4.52. The second kappa shape index (κ2) is 8.67. The smallest absolute Gasteiger partial charge is 0.272 e. The lowest BCUT2D eigenvalue weighted by atomic mass is 9.93. The number of amides is 1. The summed E-state index contributed by atoms with van der Waals surface area (Å²) in [5.41, 5.74) is 0.670.